The molecule has 0 bridgehead atoms. The SMILES string of the molecule is C\C=C(/C=C(F)\C=C\CCC)Oc1cc(F)c(Nc2ncnc3cc4c(nc23)N(CCCC)CC(C)CO4)cc1C. The standard InChI is InChI=1S/C32H39F2N5O2/c1-6-9-11-12-23(33)15-24(8-3)41-28-16-25(34)26(14-22(28)5)37-31-30-27(35-20-36-31)17-29-32(38-30)39(13-10-7-2)18-21(4)19-40-29/h8,11-12,14-17,20-21H,6-7,9-10,13,18-19H2,1-5H3,(H,35,36,37)/b12-11+,23-15+,24-8+. The van der Waals surface area contributed by atoms with E-state index in [1.807, 2.05) is 13.0 Å². The number of hydrogen-bond acceptors (Lipinski definition) is 7. The normalized spacial score (nSPS) is 16.1. The highest BCUT2D eigenvalue weighted by Gasteiger charge is 2.24. The van der Waals surface area contributed by atoms with Crippen molar-refractivity contribution >= 4 is 28.4 Å². The van der Waals surface area contributed by atoms with E-state index in [0.29, 0.717) is 40.7 Å². The summed E-state index contributed by atoms with van der Waals surface area (Å²) < 4.78 is 41.5. The maximum atomic E-state index is 15.4. The molecule has 1 unspecified atom stereocenters. The van der Waals surface area contributed by atoms with Gasteiger partial charge in [-0.1, -0.05) is 39.7 Å². The first-order valence-corrected chi connectivity index (χ1v) is 14.3. The third-order valence-corrected chi connectivity index (χ3v) is 6.74. The monoisotopic (exact) mass is 563 g/mol. The first-order valence-electron chi connectivity index (χ1n) is 14.3. The summed E-state index contributed by atoms with van der Waals surface area (Å²) in [5, 5.41) is 3.10. The van der Waals surface area contributed by atoms with Crippen molar-refractivity contribution < 1.29 is 18.3 Å². The van der Waals surface area contributed by atoms with E-state index in [1.165, 1.54) is 24.5 Å². The molecule has 0 spiro atoms. The summed E-state index contributed by atoms with van der Waals surface area (Å²) in [5.41, 5.74) is 2.00. The van der Waals surface area contributed by atoms with Gasteiger partial charge in [0.25, 0.3) is 0 Å². The molecule has 0 saturated heterocycles. The van der Waals surface area contributed by atoms with Gasteiger partial charge in [0.2, 0.25) is 0 Å². The van der Waals surface area contributed by atoms with Crippen LogP contribution in [0.5, 0.6) is 11.5 Å². The maximum absolute atomic E-state index is 15.4. The molecule has 4 rings (SSSR count). The number of allylic oxidation sites excluding steroid dienone is 5. The Bertz CT molecular complexity index is 1450. The summed E-state index contributed by atoms with van der Waals surface area (Å²) >= 11 is 0. The third-order valence-electron chi connectivity index (χ3n) is 6.74. The van der Waals surface area contributed by atoms with Gasteiger partial charge < -0.3 is 19.7 Å². The van der Waals surface area contributed by atoms with Crippen molar-refractivity contribution in [3.8, 4) is 11.5 Å². The van der Waals surface area contributed by atoms with Gasteiger partial charge in [-0.25, -0.2) is 23.7 Å². The molecule has 2 aromatic heterocycles. The topological polar surface area (TPSA) is 72.4 Å². The number of benzene rings is 1. The van der Waals surface area contributed by atoms with Crippen LogP contribution in [0.2, 0.25) is 0 Å². The van der Waals surface area contributed by atoms with Crippen LogP contribution in [-0.2, 0) is 0 Å². The Hall–Kier alpha value is -4.01. The summed E-state index contributed by atoms with van der Waals surface area (Å²) in [6, 6.07) is 4.79. The van der Waals surface area contributed by atoms with E-state index in [9.17, 15) is 4.39 Å². The van der Waals surface area contributed by atoms with Crippen molar-refractivity contribution in [2.75, 3.05) is 29.9 Å². The first kappa shape index (κ1) is 30.0. The zero-order chi connectivity index (χ0) is 29.4. The smallest absolute Gasteiger partial charge is 0.172 e. The highest BCUT2D eigenvalue weighted by molar-refractivity contribution is 5.90. The average Bonchev–Trinajstić information content (AvgIpc) is 3.11. The Morgan fingerprint density at radius 1 is 1.22 bits per heavy atom. The van der Waals surface area contributed by atoms with Crippen LogP contribution in [-0.4, -0.2) is 34.6 Å². The Morgan fingerprint density at radius 3 is 2.80 bits per heavy atom. The number of fused-ring (bicyclic) bond motifs is 2. The molecule has 0 aliphatic carbocycles. The van der Waals surface area contributed by atoms with Crippen LogP contribution in [0.15, 0.2) is 60.4 Å². The highest BCUT2D eigenvalue weighted by Crippen LogP contribution is 2.36. The Balaban J connectivity index is 1.62. The number of rotatable bonds is 11. The zero-order valence-corrected chi connectivity index (χ0v) is 24.5. The zero-order valence-electron chi connectivity index (χ0n) is 24.5. The minimum atomic E-state index is -0.545. The van der Waals surface area contributed by atoms with Crippen molar-refractivity contribution in [3.05, 3.63) is 71.8 Å². The van der Waals surface area contributed by atoms with Gasteiger partial charge in [0.15, 0.2) is 17.4 Å². The summed E-state index contributed by atoms with van der Waals surface area (Å²) in [4.78, 5) is 16.0. The van der Waals surface area contributed by atoms with Gasteiger partial charge in [0, 0.05) is 37.2 Å². The molecular formula is C32H39F2N5O2. The van der Waals surface area contributed by atoms with Crippen molar-refractivity contribution in [3.63, 3.8) is 0 Å². The molecule has 9 heteroatoms. The van der Waals surface area contributed by atoms with Crippen LogP contribution in [0.1, 0.15) is 58.9 Å². The minimum absolute atomic E-state index is 0.213. The second-order valence-corrected chi connectivity index (χ2v) is 10.4. The predicted octanol–water partition coefficient (Wildman–Crippen LogP) is 8.34. The number of hydrogen-bond donors (Lipinski definition) is 1. The van der Waals surface area contributed by atoms with Crippen LogP contribution < -0.4 is 19.7 Å². The van der Waals surface area contributed by atoms with Crippen molar-refractivity contribution in [1.82, 2.24) is 15.0 Å². The van der Waals surface area contributed by atoms with Gasteiger partial charge in [-0.3, -0.25) is 0 Å². The molecule has 0 fully saturated rings. The lowest BCUT2D eigenvalue weighted by atomic mass is 10.1. The van der Waals surface area contributed by atoms with Crippen LogP contribution >= 0.6 is 0 Å². The number of unbranched alkanes of at least 4 members (excludes halogenated alkanes) is 2. The summed E-state index contributed by atoms with van der Waals surface area (Å²) in [5.74, 6) is 1.76. The van der Waals surface area contributed by atoms with Gasteiger partial charge in [0.05, 0.1) is 17.8 Å². The van der Waals surface area contributed by atoms with Gasteiger partial charge in [-0.2, -0.15) is 0 Å². The number of ether oxygens (including phenoxy) is 2. The highest BCUT2D eigenvalue weighted by atomic mass is 19.1. The fourth-order valence-corrected chi connectivity index (χ4v) is 4.52. The van der Waals surface area contributed by atoms with Crippen LogP contribution in [0.4, 0.5) is 26.1 Å². The molecule has 3 heterocycles. The molecule has 0 radical (unpaired) electrons. The summed E-state index contributed by atoms with van der Waals surface area (Å²) in [7, 11) is 0. The van der Waals surface area contributed by atoms with Crippen molar-refractivity contribution in [1.29, 1.82) is 0 Å². The molecule has 1 N–H and O–H groups in total. The van der Waals surface area contributed by atoms with E-state index < -0.39 is 11.6 Å². The molecule has 0 saturated carbocycles. The second-order valence-electron chi connectivity index (χ2n) is 10.4. The van der Waals surface area contributed by atoms with Gasteiger partial charge in [-0.05, 0) is 50.5 Å². The molecule has 1 aromatic carbocycles. The van der Waals surface area contributed by atoms with E-state index in [0.717, 1.165) is 44.6 Å². The van der Waals surface area contributed by atoms with E-state index in [2.05, 4.69) is 34.0 Å². The fraction of sp³-hybridized carbons (Fsp3) is 0.406. The van der Waals surface area contributed by atoms with Crippen molar-refractivity contribution in [2.45, 2.75) is 60.3 Å². The van der Waals surface area contributed by atoms with Gasteiger partial charge >= 0.3 is 0 Å². The molecule has 3 aromatic rings. The minimum Gasteiger partial charge on any atom is -0.489 e. The number of nitrogens with zero attached hydrogens (tertiary/aromatic N) is 4. The lowest BCUT2D eigenvalue weighted by molar-refractivity contribution is 0.273. The maximum Gasteiger partial charge on any atom is 0.172 e. The van der Waals surface area contributed by atoms with Crippen LogP contribution in [0.25, 0.3) is 11.0 Å². The second kappa shape index (κ2) is 14.1. The van der Waals surface area contributed by atoms with E-state index in [4.69, 9.17) is 14.5 Å². The first-order chi connectivity index (χ1) is 19.8. The lowest BCUT2D eigenvalue weighted by Crippen LogP contribution is -2.30. The van der Waals surface area contributed by atoms with Crippen LogP contribution in [0, 0.1) is 18.7 Å². The summed E-state index contributed by atoms with van der Waals surface area (Å²) in [6.07, 6.45) is 11.3. The Kier molecular flexibility index (Phi) is 10.3. The molecule has 7 nitrogen and oxygen atoms in total. The molecule has 0 amide bonds. The van der Waals surface area contributed by atoms with E-state index >= 15 is 4.39 Å². The number of aryl methyl sites for hydroxylation is 1. The largest absolute Gasteiger partial charge is 0.489 e. The fourth-order valence-electron chi connectivity index (χ4n) is 4.52. The Morgan fingerprint density at radius 2 is 2.05 bits per heavy atom. The lowest BCUT2D eigenvalue weighted by Gasteiger charge is -2.24. The van der Waals surface area contributed by atoms with Crippen molar-refractivity contribution in [2.24, 2.45) is 5.92 Å². The van der Waals surface area contributed by atoms with Crippen LogP contribution in [0.3, 0.4) is 0 Å². The molecule has 41 heavy (non-hydrogen) atoms. The summed E-state index contributed by atoms with van der Waals surface area (Å²) in [6.45, 7) is 12.2. The predicted molar refractivity (Wildman–Crippen MR) is 161 cm³/mol. The van der Waals surface area contributed by atoms with Gasteiger partial charge in [0.1, 0.15) is 35.0 Å². The third kappa shape index (κ3) is 7.60. The van der Waals surface area contributed by atoms with E-state index in [1.54, 1.807) is 32.1 Å². The average molecular weight is 564 g/mol. The number of pyridine rings is 1. The molecule has 1 aliphatic rings. The quantitative estimate of drug-likeness (QED) is 0.186. The Labute approximate surface area is 241 Å². The molecule has 218 valence electrons. The number of aromatic nitrogens is 3. The number of nitrogens with one attached hydrogen (secondary N) is 1. The molecule has 1 aliphatic heterocycles. The van der Waals surface area contributed by atoms with E-state index in [-0.39, 0.29) is 17.2 Å². The van der Waals surface area contributed by atoms with Gasteiger partial charge in [-0.15, -0.1) is 0 Å². The number of anilines is 3. The molecule has 1 atom stereocenters. The number of halogens is 2. The molecular weight excluding hydrogens is 524 g/mol.